The molecule has 0 bridgehead atoms. The highest BCUT2D eigenvalue weighted by molar-refractivity contribution is 9.10. The molecule has 1 aliphatic rings. The number of hydrogen-bond acceptors (Lipinski definition) is 4. The summed E-state index contributed by atoms with van der Waals surface area (Å²) in [5.41, 5.74) is 3.00. The number of aliphatic imine (C=N–C) groups is 1. The fourth-order valence-electron chi connectivity index (χ4n) is 3.64. The Labute approximate surface area is 221 Å². The van der Waals surface area contributed by atoms with Gasteiger partial charge < -0.3 is 4.42 Å². The normalized spacial score (nSPS) is 15.9. The largest absolute Gasteiger partial charge is 0.457 e. The summed E-state index contributed by atoms with van der Waals surface area (Å²) in [6, 6.07) is 29.3. The van der Waals surface area contributed by atoms with Crippen LogP contribution in [-0.4, -0.2) is 16.0 Å². The van der Waals surface area contributed by atoms with E-state index < -0.39 is 0 Å². The molecule has 4 nitrogen and oxygen atoms in total. The number of thioether (sulfide) groups is 1. The van der Waals surface area contributed by atoms with Crippen molar-refractivity contribution in [2.24, 2.45) is 4.99 Å². The summed E-state index contributed by atoms with van der Waals surface area (Å²) in [7, 11) is 0. The van der Waals surface area contributed by atoms with Crippen LogP contribution >= 0.6 is 39.3 Å². The third-order valence-electron chi connectivity index (χ3n) is 5.42. The molecule has 0 unspecified atom stereocenters. The van der Waals surface area contributed by atoms with Crippen LogP contribution in [0.4, 0.5) is 0 Å². The van der Waals surface area contributed by atoms with Gasteiger partial charge in [0.05, 0.1) is 23.0 Å². The van der Waals surface area contributed by atoms with Gasteiger partial charge in [0, 0.05) is 16.1 Å². The third kappa shape index (κ3) is 5.61. The van der Waals surface area contributed by atoms with Crippen molar-refractivity contribution < 1.29 is 9.21 Å². The lowest BCUT2D eigenvalue weighted by atomic mass is 10.2. The molecule has 1 amide bonds. The second-order valence-corrected chi connectivity index (χ2v) is 10.2. The van der Waals surface area contributed by atoms with Crippen molar-refractivity contribution in [1.29, 1.82) is 0 Å². The van der Waals surface area contributed by atoms with Crippen LogP contribution in [0.5, 0.6) is 0 Å². The maximum absolute atomic E-state index is 13.4. The molecule has 1 fully saturated rings. The topological polar surface area (TPSA) is 45.8 Å². The van der Waals surface area contributed by atoms with Crippen molar-refractivity contribution in [3.05, 3.63) is 122 Å². The molecule has 4 aromatic rings. The predicted molar refractivity (Wildman–Crippen MR) is 147 cm³/mol. The second-order valence-electron chi connectivity index (χ2n) is 7.90. The van der Waals surface area contributed by atoms with E-state index in [-0.39, 0.29) is 5.91 Å². The Kier molecular flexibility index (Phi) is 7.23. The van der Waals surface area contributed by atoms with Crippen LogP contribution in [0.2, 0.25) is 5.02 Å². The van der Waals surface area contributed by atoms with Gasteiger partial charge in [-0.15, -0.1) is 0 Å². The minimum absolute atomic E-state index is 0.0877. The van der Waals surface area contributed by atoms with Gasteiger partial charge in [0.1, 0.15) is 11.5 Å². The first-order chi connectivity index (χ1) is 17.1. The number of amides is 1. The number of carbonyl (C=O) groups excluding carboxylic acids is 1. The maximum atomic E-state index is 13.4. The lowest BCUT2D eigenvalue weighted by Crippen LogP contribution is -2.28. The van der Waals surface area contributed by atoms with Gasteiger partial charge in [0.25, 0.3) is 5.91 Å². The molecular weight excluding hydrogens is 544 g/mol. The van der Waals surface area contributed by atoms with E-state index in [9.17, 15) is 4.79 Å². The molecule has 3 aromatic carbocycles. The summed E-state index contributed by atoms with van der Waals surface area (Å²) >= 11 is 11.0. The van der Waals surface area contributed by atoms with Gasteiger partial charge in [-0.05, 0) is 63.1 Å². The first-order valence-corrected chi connectivity index (χ1v) is 12.9. The Morgan fingerprint density at radius 1 is 0.943 bits per heavy atom. The van der Waals surface area contributed by atoms with E-state index in [0.29, 0.717) is 39.7 Å². The van der Waals surface area contributed by atoms with Crippen LogP contribution in [0, 0.1) is 0 Å². The highest BCUT2D eigenvalue weighted by atomic mass is 79.9. The Bertz CT molecular complexity index is 1420. The number of amidine groups is 1. The lowest BCUT2D eigenvalue weighted by Gasteiger charge is -2.15. The molecule has 5 rings (SSSR count). The molecule has 0 aliphatic carbocycles. The molecule has 0 atom stereocenters. The fourth-order valence-corrected chi connectivity index (χ4v) is 5.02. The van der Waals surface area contributed by atoms with E-state index in [1.807, 2.05) is 91.0 Å². The Hall–Kier alpha value is -3.06. The number of halogens is 2. The number of rotatable bonds is 6. The summed E-state index contributed by atoms with van der Waals surface area (Å²) < 4.78 is 6.84. The number of benzene rings is 3. The molecule has 1 aliphatic heterocycles. The van der Waals surface area contributed by atoms with Crippen LogP contribution in [-0.2, 0) is 17.9 Å². The van der Waals surface area contributed by atoms with Crippen LogP contribution in [0.25, 0.3) is 17.4 Å². The van der Waals surface area contributed by atoms with E-state index in [0.717, 1.165) is 21.2 Å². The van der Waals surface area contributed by atoms with Gasteiger partial charge in [-0.3, -0.25) is 14.7 Å². The quantitative estimate of drug-likeness (QED) is 0.223. The van der Waals surface area contributed by atoms with E-state index in [1.54, 1.807) is 11.0 Å². The highest BCUT2D eigenvalue weighted by Crippen LogP contribution is 2.35. The van der Waals surface area contributed by atoms with E-state index in [4.69, 9.17) is 21.0 Å². The first-order valence-electron chi connectivity index (χ1n) is 11.0. The van der Waals surface area contributed by atoms with Gasteiger partial charge in [0.15, 0.2) is 5.17 Å². The molecular formula is C28H20BrClN2O2S. The number of furan rings is 1. The number of nitrogens with zero attached hydrogens (tertiary/aromatic N) is 2. The molecule has 0 N–H and O–H groups in total. The average molecular weight is 564 g/mol. The van der Waals surface area contributed by atoms with Crippen LogP contribution in [0.15, 0.2) is 110 Å². The summed E-state index contributed by atoms with van der Waals surface area (Å²) in [5, 5.41) is 1.29. The standard InChI is InChI=1S/C28H20BrClN2O2S/c29-23-13-11-21(15-24(23)30)25-14-12-22(34-25)16-26-27(33)32(18-20-9-5-2-6-10-20)28(35-26)31-17-19-7-3-1-4-8-19/h1-16H,17-18H2/b26-16-,31-28?. The summed E-state index contributed by atoms with van der Waals surface area (Å²) in [6.45, 7) is 0.961. The molecule has 1 aromatic heterocycles. The zero-order chi connectivity index (χ0) is 24.2. The number of hydrogen-bond donors (Lipinski definition) is 0. The molecule has 0 radical (unpaired) electrons. The zero-order valence-corrected chi connectivity index (χ0v) is 21.7. The van der Waals surface area contributed by atoms with Crippen LogP contribution in [0.3, 0.4) is 0 Å². The monoisotopic (exact) mass is 562 g/mol. The minimum atomic E-state index is -0.0877. The summed E-state index contributed by atoms with van der Waals surface area (Å²) in [4.78, 5) is 20.5. The first kappa shape index (κ1) is 23.7. The predicted octanol–water partition coefficient (Wildman–Crippen LogP) is 8.04. The van der Waals surface area contributed by atoms with Crippen molar-refractivity contribution in [3.63, 3.8) is 0 Å². The molecule has 1 saturated heterocycles. The molecule has 0 spiro atoms. The summed E-state index contributed by atoms with van der Waals surface area (Å²) in [5.74, 6) is 1.19. The Morgan fingerprint density at radius 2 is 1.66 bits per heavy atom. The SMILES string of the molecule is O=C1/C(=C/c2ccc(-c3ccc(Br)c(Cl)c3)o2)SC(=NCc2ccccc2)N1Cc1ccccc1. The van der Waals surface area contributed by atoms with Gasteiger partial charge >= 0.3 is 0 Å². The molecule has 7 heteroatoms. The minimum Gasteiger partial charge on any atom is -0.457 e. The van der Waals surface area contributed by atoms with E-state index >= 15 is 0 Å². The van der Waals surface area contributed by atoms with Gasteiger partial charge in [0.2, 0.25) is 0 Å². The van der Waals surface area contributed by atoms with Gasteiger partial charge in [-0.1, -0.05) is 78.3 Å². The van der Waals surface area contributed by atoms with Crippen molar-refractivity contribution in [2.45, 2.75) is 13.1 Å². The van der Waals surface area contributed by atoms with Crippen LogP contribution < -0.4 is 0 Å². The lowest BCUT2D eigenvalue weighted by molar-refractivity contribution is -0.122. The highest BCUT2D eigenvalue weighted by Gasteiger charge is 2.33. The fraction of sp³-hybridized carbons (Fsp3) is 0.0714. The van der Waals surface area contributed by atoms with Gasteiger partial charge in [-0.2, -0.15) is 0 Å². The summed E-state index contributed by atoms with van der Waals surface area (Å²) in [6.07, 6.45) is 1.78. The van der Waals surface area contributed by atoms with Crippen molar-refractivity contribution in [1.82, 2.24) is 4.90 Å². The third-order valence-corrected chi connectivity index (χ3v) is 7.69. The molecule has 0 saturated carbocycles. The van der Waals surface area contributed by atoms with Crippen molar-refractivity contribution in [3.8, 4) is 11.3 Å². The van der Waals surface area contributed by atoms with E-state index in [1.165, 1.54) is 11.8 Å². The van der Waals surface area contributed by atoms with E-state index in [2.05, 4.69) is 15.9 Å². The Morgan fingerprint density at radius 3 is 2.37 bits per heavy atom. The molecule has 2 heterocycles. The van der Waals surface area contributed by atoms with Crippen molar-refractivity contribution in [2.75, 3.05) is 0 Å². The Balaban J connectivity index is 1.42. The maximum Gasteiger partial charge on any atom is 0.267 e. The van der Waals surface area contributed by atoms with Crippen LogP contribution in [0.1, 0.15) is 16.9 Å². The average Bonchev–Trinajstić information content (AvgIpc) is 3.46. The molecule has 35 heavy (non-hydrogen) atoms. The smallest absolute Gasteiger partial charge is 0.267 e. The second kappa shape index (κ2) is 10.7. The zero-order valence-electron chi connectivity index (χ0n) is 18.5. The number of carbonyl (C=O) groups is 1. The van der Waals surface area contributed by atoms with Gasteiger partial charge in [-0.25, -0.2) is 0 Å². The van der Waals surface area contributed by atoms with Crippen molar-refractivity contribution >= 4 is 56.4 Å². The molecule has 174 valence electrons.